The lowest BCUT2D eigenvalue weighted by Crippen LogP contribution is -2.57. The molecule has 4 heterocycles. The number of rotatable bonds is 2. The summed E-state index contributed by atoms with van der Waals surface area (Å²) in [5, 5.41) is 12.5. The molecule has 1 aromatic heterocycles. The van der Waals surface area contributed by atoms with Gasteiger partial charge in [-0.25, -0.2) is 4.98 Å². The van der Waals surface area contributed by atoms with Gasteiger partial charge in [0.15, 0.2) is 11.5 Å². The molecule has 2 aromatic rings. The third kappa shape index (κ3) is 2.71. The lowest BCUT2D eigenvalue weighted by molar-refractivity contribution is -0.150. The van der Waals surface area contributed by atoms with E-state index >= 15 is 0 Å². The fraction of sp³-hybridized carbons (Fsp3) is 0.550. The summed E-state index contributed by atoms with van der Waals surface area (Å²) in [6.07, 6.45) is 4.20. The van der Waals surface area contributed by atoms with E-state index < -0.39 is 0 Å². The number of fused-ring (bicyclic) bond motifs is 4. The van der Waals surface area contributed by atoms with Gasteiger partial charge in [-0.1, -0.05) is 12.1 Å². The summed E-state index contributed by atoms with van der Waals surface area (Å²) in [5.41, 5.74) is 3.84. The van der Waals surface area contributed by atoms with Gasteiger partial charge in [0.25, 0.3) is 0 Å². The van der Waals surface area contributed by atoms with Gasteiger partial charge in [0.1, 0.15) is 5.60 Å². The maximum Gasteiger partial charge on any atom is 0.167 e. The molecule has 26 heavy (non-hydrogen) atoms. The van der Waals surface area contributed by atoms with Crippen LogP contribution in [-0.4, -0.2) is 40.3 Å². The van der Waals surface area contributed by atoms with Crippen LogP contribution in [0.25, 0.3) is 0 Å². The zero-order valence-electron chi connectivity index (χ0n) is 14.8. The van der Waals surface area contributed by atoms with E-state index in [9.17, 15) is 5.11 Å². The second kappa shape index (κ2) is 6.51. The van der Waals surface area contributed by atoms with Crippen molar-refractivity contribution in [1.82, 2.24) is 9.88 Å². The molecule has 1 spiro atoms. The molecule has 3 aliphatic heterocycles. The zero-order valence-corrected chi connectivity index (χ0v) is 15.6. The van der Waals surface area contributed by atoms with Crippen molar-refractivity contribution in [1.29, 1.82) is 0 Å². The Balaban J connectivity index is 1.41. The lowest BCUT2D eigenvalue weighted by atomic mass is 9.70. The van der Waals surface area contributed by atoms with Crippen molar-refractivity contribution in [3.8, 4) is 11.5 Å². The van der Waals surface area contributed by atoms with Crippen LogP contribution in [0.3, 0.4) is 0 Å². The summed E-state index contributed by atoms with van der Waals surface area (Å²) in [6.45, 7) is 3.68. The van der Waals surface area contributed by atoms with Gasteiger partial charge in [0.05, 0.1) is 17.3 Å². The Morgan fingerprint density at radius 2 is 2.19 bits per heavy atom. The van der Waals surface area contributed by atoms with Gasteiger partial charge >= 0.3 is 0 Å². The normalized spacial score (nSPS) is 27.5. The standard InChI is InChI=1S/C20H24N2O3S/c23-17-5-1-3-15-18-16(4-2-10-24-18)20(25-19(15)17)6-8-22(9-7-20)11-14-12-26-13-21-14/h1,3,5,12-13,16,18,23H,2,4,6-11H2/t16-,18+/m0/s1. The van der Waals surface area contributed by atoms with Crippen LogP contribution < -0.4 is 4.74 Å². The summed E-state index contributed by atoms with van der Waals surface area (Å²) in [4.78, 5) is 6.87. The second-order valence-corrected chi connectivity index (χ2v) is 8.38. The number of benzene rings is 1. The van der Waals surface area contributed by atoms with E-state index in [1.807, 2.05) is 17.6 Å². The van der Waals surface area contributed by atoms with Gasteiger partial charge < -0.3 is 14.6 Å². The molecule has 1 N–H and O–H groups in total. The molecule has 0 saturated carbocycles. The Hall–Kier alpha value is -1.63. The highest BCUT2D eigenvalue weighted by Gasteiger charge is 2.52. The maximum absolute atomic E-state index is 10.4. The van der Waals surface area contributed by atoms with Crippen LogP contribution in [0.5, 0.6) is 11.5 Å². The maximum atomic E-state index is 10.4. The van der Waals surface area contributed by atoms with E-state index in [0.717, 1.165) is 63.2 Å². The number of aromatic hydroxyl groups is 1. The minimum atomic E-state index is -0.227. The number of hydrogen-bond donors (Lipinski definition) is 1. The number of piperidine rings is 1. The number of likely N-dealkylation sites (tertiary alicyclic amines) is 1. The van der Waals surface area contributed by atoms with Crippen LogP contribution in [-0.2, 0) is 11.3 Å². The Bertz CT molecular complexity index is 771. The molecule has 2 atom stereocenters. The van der Waals surface area contributed by atoms with Crippen LogP contribution in [0.1, 0.15) is 43.0 Å². The molecule has 0 aliphatic carbocycles. The summed E-state index contributed by atoms with van der Waals surface area (Å²) >= 11 is 1.65. The van der Waals surface area contributed by atoms with Gasteiger partial charge in [-0.05, 0) is 18.9 Å². The molecule has 5 rings (SSSR count). The highest BCUT2D eigenvalue weighted by atomic mass is 32.1. The number of thiazole rings is 1. The van der Waals surface area contributed by atoms with E-state index in [2.05, 4.69) is 15.3 Å². The number of nitrogens with zero attached hydrogens (tertiary/aromatic N) is 2. The monoisotopic (exact) mass is 372 g/mol. The predicted octanol–water partition coefficient (Wildman–Crippen LogP) is 3.74. The summed E-state index contributed by atoms with van der Waals surface area (Å²) in [7, 11) is 0. The largest absolute Gasteiger partial charge is 0.504 e. The highest BCUT2D eigenvalue weighted by molar-refractivity contribution is 7.07. The number of hydrogen-bond acceptors (Lipinski definition) is 6. The Kier molecular flexibility index (Phi) is 4.14. The van der Waals surface area contributed by atoms with E-state index in [1.54, 1.807) is 17.4 Å². The topological polar surface area (TPSA) is 54.8 Å². The first kappa shape index (κ1) is 16.5. The van der Waals surface area contributed by atoms with Crippen LogP contribution in [0.2, 0.25) is 0 Å². The van der Waals surface area contributed by atoms with Gasteiger partial charge in [0.2, 0.25) is 0 Å². The van der Waals surface area contributed by atoms with Crippen LogP contribution in [0.4, 0.5) is 0 Å². The molecule has 138 valence electrons. The van der Waals surface area contributed by atoms with Crippen LogP contribution in [0, 0.1) is 5.92 Å². The molecule has 1 aromatic carbocycles. The molecule has 0 radical (unpaired) electrons. The fourth-order valence-electron chi connectivity index (χ4n) is 4.89. The number of ether oxygens (including phenoxy) is 2. The molecule has 2 saturated heterocycles. The van der Waals surface area contributed by atoms with E-state index in [-0.39, 0.29) is 17.5 Å². The van der Waals surface area contributed by atoms with Crippen molar-refractivity contribution >= 4 is 11.3 Å². The molecular formula is C20H24N2O3S. The number of para-hydroxylation sites is 1. The Morgan fingerprint density at radius 3 is 3.00 bits per heavy atom. The first-order valence-corrected chi connectivity index (χ1v) is 10.4. The minimum Gasteiger partial charge on any atom is -0.504 e. The van der Waals surface area contributed by atoms with Gasteiger partial charge in [-0.2, -0.15) is 0 Å². The van der Waals surface area contributed by atoms with Crippen molar-refractivity contribution in [2.24, 2.45) is 5.92 Å². The van der Waals surface area contributed by atoms with Crippen molar-refractivity contribution in [3.05, 3.63) is 40.3 Å². The van der Waals surface area contributed by atoms with Gasteiger partial charge in [-0.15, -0.1) is 11.3 Å². The zero-order chi connectivity index (χ0) is 17.6. The van der Waals surface area contributed by atoms with Crippen molar-refractivity contribution in [2.75, 3.05) is 19.7 Å². The van der Waals surface area contributed by atoms with E-state index in [4.69, 9.17) is 9.47 Å². The molecule has 2 fully saturated rings. The van der Waals surface area contributed by atoms with Crippen molar-refractivity contribution in [3.63, 3.8) is 0 Å². The Morgan fingerprint density at radius 1 is 1.31 bits per heavy atom. The smallest absolute Gasteiger partial charge is 0.167 e. The van der Waals surface area contributed by atoms with Gasteiger partial charge in [0, 0.05) is 55.9 Å². The molecule has 0 amide bonds. The van der Waals surface area contributed by atoms with E-state index in [1.165, 1.54) is 0 Å². The van der Waals surface area contributed by atoms with Crippen LogP contribution >= 0.6 is 11.3 Å². The first-order valence-electron chi connectivity index (χ1n) is 9.47. The van der Waals surface area contributed by atoms with Crippen molar-refractivity contribution in [2.45, 2.75) is 43.9 Å². The quantitative estimate of drug-likeness (QED) is 0.870. The molecule has 6 heteroatoms. The van der Waals surface area contributed by atoms with Gasteiger partial charge in [-0.3, -0.25) is 4.90 Å². The molecular weight excluding hydrogens is 348 g/mol. The molecule has 5 nitrogen and oxygen atoms in total. The summed E-state index contributed by atoms with van der Waals surface area (Å²) in [5.74, 6) is 1.25. The third-order valence-corrected chi connectivity index (χ3v) is 6.84. The molecule has 0 unspecified atom stereocenters. The Labute approximate surface area is 157 Å². The molecule has 3 aliphatic rings. The minimum absolute atomic E-state index is 0.0460. The second-order valence-electron chi connectivity index (χ2n) is 7.66. The average molecular weight is 372 g/mol. The molecule has 0 bridgehead atoms. The number of phenols is 1. The summed E-state index contributed by atoms with van der Waals surface area (Å²) in [6, 6.07) is 5.65. The first-order chi connectivity index (χ1) is 12.8. The average Bonchev–Trinajstić information content (AvgIpc) is 3.18. The van der Waals surface area contributed by atoms with Crippen molar-refractivity contribution < 1.29 is 14.6 Å². The summed E-state index contributed by atoms with van der Waals surface area (Å²) < 4.78 is 12.8. The SMILES string of the molecule is Oc1cccc2c1OC1(CCN(Cc3cscn3)CC1)[C@H]1CCCO[C@H]21. The number of phenolic OH excluding ortho intramolecular Hbond substituents is 1. The fourth-order valence-corrected chi connectivity index (χ4v) is 5.44. The lowest BCUT2D eigenvalue weighted by Gasteiger charge is -2.53. The van der Waals surface area contributed by atoms with E-state index in [0.29, 0.717) is 11.7 Å². The predicted molar refractivity (Wildman–Crippen MR) is 99.5 cm³/mol. The highest BCUT2D eigenvalue weighted by Crippen LogP contribution is 2.55. The van der Waals surface area contributed by atoms with Crippen LogP contribution in [0.15, 0.2) is 29.1 Å². The number of aromatic nitrogens is 1. The third-order valence-electron chi connectivity index (χ3n) is 6.21.